The Balaban J connectivity index is 2.00. The quantitative estimate of drug-likeness (QED) is 0.736. The topological polar surface area (TPSA) is 81.9 Å². The lowest BCUT2D eigenvalue weighted by atomic mass is 10.1. The third kappa shape index (κ3) is 3.45. The van der Waals surface area contributed by atoms with Crippen LogP contribution in [-0.4, -0.2) is 66.2 Å². The summed E-state index contributed by atoms with van der Waals surface area (Å²) in [6.07, 6.45) is 0.993. The number of carbonyl (C=O) groups excluding carboxylic acids is 2. The molecule has 2 aliphatic heterocycles. The third-order valence-electron chi connectivity index (χ3n) is 3.62. The van der Waals surface area contributed by atoms with Crippen molar-refractivity contribution < 1.29 is 19.1 Å². The van der Waals surface area contributed by atoms with Crippen molar-refractivity contribution in [1.82, 2.24) is 4.90 Å². The number of nitrogens with zero attached hydrogens (tertiary/aromatic N) is 1. The zero-order valence-electron chi connectivity index (χ0n) is 11.7. The molecule has 2 N–H and O–H groups in total. The molecule has 0 aliphatic carbocycles. The molecule has 0 aromatic rings. The summed E-state index contributed by atoms with van der Waals surface area (Å²) in [7, 11) is 0. The summed E-state index contributed by atoms with van der Waals surface area (Å²) < 4.78 is 10.7. The van der Waals surface area contributed by atoms with Crippen molar-refractivity contribution in [3.05, 3.63) is 0 Å². The van der Waals surface area contributed by atoms with Gasteiger partial charge in [0.2, 0.25) is 0 Å². The predicted octanol–water partition coefficient (Wildman–Crippen LogP) is -0.000200. The first kappa shape index (κ1) is 15.6. The summed E-state index contributed by atoms with van der Waals surface area (Å²) in [5.74, 6) is 1.02. The Labute approximate surface area is 123 Å². The molecule has 7 heteroatoms. The number of hydrogen-bond acceptors (Lipinski definition) is 6. The highest BCUT2D eigenvalue weighted by Crippen LogP contribution is 2.25. The second kappa shape index (κ2) is 7.28. The minimum absolute atomic E-state index is 0.0378. The molecule has 1 amide bonds. The lowest BCUT2D eigenvalue weighted by molar-refractivity contribution is -0.158. The van der Waals surface area contributed by atoms with Crippen LogP contribution in [0.15, 0.2) is 0 Å². The summed E-state index contributed by atoms with van der Waals surface area (Å²) in [5.41, 5.74) is 5.56. The van der Waals surface area contributed by atoms with Crippen molar-refractivity contribution in [2.75, 3.05) is 31.2 Å². The van der Waals surface area contributed by atoms with E-state index in [9.17, 15) is 9.59 Å². The van der Waals surface area contributed by atoms with Gasteiger partial charge in [-0.1, -0.05) is 0 Å². The van der Waals surface area contributed by atoms with Gasteiger partial charge in [0, 0.05) is 24.6 Å². The summed E-state index contributed by atoms with van der Waals surface area (Å²) in [4.78, 5) is 26.1. The molecule has 2 heterocycles. The molecule has 3 atom stereocenters. The number of amides is 1. The molecule has 0 aromatic heterocycles. The monoisotopic (exact) mass is 302 g/mol. The molecule has 114 valence electrons. The molecule has 3 unspecified atom stereocenters. The molecule has 2 saturated heterocycles. The van der Waals surface area contributed by atoms with E-state index < -0.39 is 12.1 Å². The molecular formula is C13H22N2O4S. The highest BCUT2D eigenvalue weighted by molar-refractivity contribution is 7.99. The Hall–Kier alpha value is -0.790. The number of esters is 1. The fraction of sp³-hybridized carbons (Fsp3) is 0.846. The predicted molar refractivity (Wildman–Crippen MR) is 76.4 cm³/mol. The second-order valence-electron chi connectivity index (χ2n) is 4.93. The van der Waals surface area contributed by atoms with Gasteiger partial charge in [-0.05, 0) is 19.8 Å². The molecule has 2 fully saturated rings. The van der Waals surface area contributed by atoms with E-state index in [0.717, 1.165) is 12.2 Å². The normalized spacial score (nSPS) is 30.3. The summed E-state index contributed by atoms with van der Waals surface area (Å²) in [6, 6.07) is -0.485. The lowest BCUT2D eigenvalue weighted by Crippen LogP contribution is -2.54. The number of rotatable bonds is 4. The zero-order chi connectivity index (χ0) is 14.5. The average molecular weight is 302 g/mol. The molecule has 0 saturated carbocycles. The van der Waals surface area contributed by atoms with Crippen LogP contribution in [-0.2, 0) is 19.1 Å². The maximum atomic E-state index is 12.5. The first-order valence-corrected chi connectivity index (χ1v) is 8.23. The van der Waals surface area contributed by atoms with Crippen LogP contribution in [0.1, 0.15) is 19.8 Å². The summed E-state index contributed by atoms with van der Waals surface area (Å²) in [6.45, 7) is 3.10. The van der Waals surface area contributed by atoms with Crippen molar-refractivity contribution in [2.45, 2.75) is 38.0 Å². The van der Waals surface area contributed by atoms with Crippen LogP contribution >= 0.6 is 11.8 Å². The number of hydrogen-bond donors (Lipinski definition) is 1. The maximum Gasteiger partial charge on any atom is 0.329 e. The minimum Gasteiger partial charge on any atom is -0.464 e. The van der Waals surface area contributed by atoms with Gasteiger partial charge >= 0.3 is 5.97 Å². The summed E-state index contributed by atoms with van der Waals surface area (Å²) in [5, 5.41) is 0. The molecule has 20 heavy (non-hydrogen) atoms. The van der Waals surface area contributed by atoms with Crippen molar-refractivity contribution in [2.24, 2.45) is 5.73 Å². The van der Waals surface area contributed by atoms with Crippen molar-refractivity contribution in [3.63, 3.8) is 0 Å². The molecule has 2 rings (SSSR count). The smallest absolute Gasteiger partial charge is 0.329 e. The van der Waals surface area contributed by atoms with E-state index >= 15 is 0 Å². The van der Waals surface area contributed by atoms with Gasteiger partial charge in [0.1, 0.15) is 12.1 Å². The van der Waals surface area contributed by atoms with Crippen molar-refractivity contribution in [3.8, 4) is 0 Å². The maximum absolute atomic E-state index is 12.5. The van der Waals surface area contributed by atoms with Crippen LogP contribution in [0.25, 0.3) is 0 Å². The van der Waals surface area contributed by atoms with E-state index in [2.05, 4.69) is 0 Å². The zero-order valence-corrected chi connectivity index (χ0v) is 12.6. The Morgan fingerprint density at radius 3 is 2.90 bits per heavy atom. The number of thioether (sulfide) groups is 1. The second-order valence-corrected chi connectivity index (χ2v) is 6.08. The van der Waals surface area contributed by atoms with Crippen LogP contribution in [0.3, 0.4) is 0 Å². The van der Waals surface area contributed by atoms with Gasteiger partial charge in [-0.2, -0.15) is 11.8 Å². The first-order valence-electron chi connectivity index (χ1n) is 7.07. The minimum atomic E-state index is -0.485. The van der Waals surface area contributed by atoms with Crippen LogP contribution in [0.5, 0.6) is 0 Å². The van der Waals surface area contributed by atoms with Crippen LogP contribution in [0.2, 0.25) is 0 Å². The number of nitrogens with two attached hydrogens (primary N) is 1. The van der Waals surface area contributed by atoms with E-state index in [1.54, 1.807) is 23.6 Å². The fourth-order valence-corrected chi connectivity index (χ4v) is 3.58. The fourth-order valence-electron chi connectivity index (χ4n) is 2.55. The molecule has 0 aromatic carbocycles. The molecule has 0 spiro atoms. The largest absolute Gasteiger partial charge is 0.464 e. The van der Waals surface area contributed by atoms with Gasteiger partial charge in [0.15, 0.2) is 0 Å². The molecular weight excluding hydrogens is 280 g/mol. The highest BCUT2D eigenvalue weighted by Gasteiger charge is 2.39. The van der Waals surface area contributed by atoms with Gasteiger partial charge in [0.25, 0.3) is 5.91 Å². The number of carbonyl (C=O) groups is 2. The molecule has 0 radical (unpaired) electrons. The molecule has 2 aliphatic rings. The van der Waals surface area contributed by atoms with Crippen molar-refractivity contribution >= 4 is 23.6 Å². The average Bonchev–Trinajstić information content (AvgIpc) is 2.95. The van der Waals surface area contributed by atoms with Crippen LogP contribution in [0, 0.1) is 0 Å². The van der Waals surface area contributed by atoms with Crippen LogP contribution < -0.4 is 5.73 Å². The first-order chi connectivity index (χ1) is 9.67. The molecule has 6 nitrogen and oxygen atoms in total. The lowest BCUT2D eigenvalue weighted by Gasteiger charge is -2.35. The van der Waals surface area contributed by atoms with Gasteiger partial charge in [-0.3, -0.25) is 4.79 Å². The van der Waals surface area contributed by atoms with E-state index in [1.807, 2.05) is 0 Å². The number of ether oxygens (including phenoxy) is 2. The van der Waals surface area contributed by atoms with Crippen molar-refractivity contribution in [1.29, 1.82) is 0 Å². The van der Waals surface area contributed by atoms with Gasteiger partial charge in [-0.25, -0.2) is 4.79 Å². The van der Waals surface area contributed by atoms with E-state index in [0.29, 0.717) is 31.9 Å². The molecule has 0 bridgehead atoms. The van der Waals surface area contributed by atoms with E-state index in [1.165, 1.54) is 0 Å². The third-order valence-corrected chi connectivity index (χ3v) is 4.64. The van der Waals surface area contributed by atoms with E-state index in [4.69, 9.17) is 15.2 Å². The standard InChI is InChI=1S/C13H22N2O4S/c1-2-18-13(17)10-8-20-6-5-15(10)12(16)11-4-3-9(7-14)19-11/h9-11H,2-8,14H2,1H3. The SMILES string of the molecule is CCOC(=O)C1CSCCN1C(=O)C1CCC(CN)O1. The van der Waals surface area contributed by atoms with Gasteiger partial charge in [-0.15, -0.1) is 0 Å². The van der Waals surface area contributed by atoms with Gasteiger partial charge in [0.05, 0.1) is 12.7 Å². The Bertz CT molecular complexity index is 366. The Kier molecular flexibility index (Phi) is 5.68. The van der Waals surface area contributed by atoms with Crippen LogP contribution in [0.4, 0.5) is 0 Å². The Morgan fingerprint density at radius 2 is 2.25 bits per heavy atom. The Morgan fingerprint density at radius 1 is 1.45 bits per heavy atom. The summed E-state index contributed by atoms with van der Waals surface area (Å²) >= 11 is 1.67. The van der Waals surface area contributed by atoms with Gasteiger partial charge < -0.3 is 20.1 Å². The highest BCUT2D eigenvalue weighted by atomic mass is 32.2. The van der Waals surface area contributed by atoms with E-state index in [-0.39, 0.29) is 18.0 Å².